The molecule has 2 rings (SSSR count). The van der Waals surface area contributed by atoms with Crippen molar-refractivity contribution in [3.63, 3.8) is 0 Å². The lowest BCUT2D eigenvalue weighted by atomic mass is 10.0. The smallest absolute Gasteiger partial charge is 0.258 e. The van der Waals surface area contributed by atoms with Crippen molar-refractivity contribution in [1.82, 2.24) is 10.2 Å². The van der Waals surface area contributed by atoms with Gasteiger partial charge in [0.2, 0.25) is 5.91 Å². The van der Waals surface area contributed by atoms with Crippen LogP contribution < -0.4 is 10.1 Å². The molecule has 0 radical (unpaired) electrons. The zero-order valence-corrected chi connectivity index (χ0v) is 14.6. The predicted octanol–water partition coefficient (Wildman–Crippen LogP) is 1.55. The number of morpholine rings is 1. The largest absolute Gasteiger partial charge is 0.484 e. The molecule has 6 heteroatoms. The highest BCUT2D eigenvalue weighted by Crippen LogP contribution is 2.18. The topological polar surface area (TPSA) is 67.9 Å². The quantitative estimate of drug-likeness (QED) is 0.857. The summed E-state index contributed by atoms with van der Waals surface area (Å²) in [6.07, 6.45) is 0. The van der Waals surface area contributed by atoms with Gasteiger partial charge in [0.1, 0.15) is 11.8 Å². The first-order valence-corrected chi connectivity index (χ1v) is 8.36. The fraction of sp³-hybridized carbons (Fsp3) is 0.556. The SMILES string of the molecule is CC(C)c1ccc(OCC(=O)N[C@@H](C)C(=O)N2CCOCC2)cc1. The summed E-state index contributed by atoms with van der Waals surface area (Å²) in [5.41, 5.74) is 1.22. The minimum Gasteiger partial charge on any atom is -0.484 e. The van der Waals surface area contributed by atoms with Gasteiger partial charge in [-0.25, -0.2) is 0 Å². The summed E-state index contributed by atoms with van der Waals surface area (Å²) in [5, 5.41) is 2.68. The van der Waals surface area contributed by atoms with Gasteiger partial charge < -0.3 is 19.7 Å². The number of hydrogen-bond acceptors (Lipinski definition) is 4. The van der Waals surface area contributed by atoms with Crippen molar-refractivity contribution < 1.29 is 19.1 Å². The van der Waals surface area contributed by atoms with E-state index in [1.54, 1.807) is 11.8 Å². The number of amides is 2. The average Bonchev–Trinajstić information content (AvgIpc) is 2.60. The molecule has 0 aliphatic carbocycles. The second-order valence-electron chi connectivity index (χ2n) is 6.24. The molecule has 1 aromatic rings. The third-order valence-electron chi connectivity index (χ3n) is 3.99. The molecule has 1 saturated heterocycles. The first kappa shape index (κ1) is 18.3. The second-order valence-corrected chi connectivity index (χ2v) is 6.24. The maximum absolute atomic E-state index is 12.2. The fourth-order valence-electron chi connectivity index (χ4n) is 2.50. The van der Waals surface area contributed by atoms with Gasteiger partial charge in [-0.2, -0.15) is 0 Å². The third-order valence-corrected chi connectivity index (χ3v) is 3.99. The fourth-order valence-corrected chi connectivity index (χ4v) is 2.50. The maximum Gasteiger partial charge on any atom is 0.258 e. The number of nitrogens with zero attached hydrogens (tertiary/aromatic N) is 1. The van der Waals surface area contributed by atoms with E-state index in [9.17, 15) is 9.59 Å². The molecular formula is C18H26N2O4. The van der Waals surface area contributed by atoms with Crippen LogP contribution in [0.4, 0.5) is 0 Å². The van der Waals surface area contributed by atoms with Crippen molar-refractivity contribution in [1.29, 1.82) is 0 Å². The molecule has 1 fully saturated rings. The summed E-state index contributed by atoms with van der Waals surface area (Å²) >= 11 is 0. The van der Waals surface area contributed by atoms with Crippen LogP contribution in [0.15, 0.2) is 24.3 Å². The molecule has 24 heavy (non-hydrogen) atoms. The van der Waals surface area contributed by atoms with E-state index in [4.69, 9.17) is 9.47 Å². The molecule has 2 amide bonds. The predicted molar refractivity (Wildman–Crippen MR) is 91.0 cm³/mol. The van der Waals surface area contributed by atoms with Gasteiger partial charge in [0.25, 0.3) is 5.91 Å². The Morgan fingerprint density at radius 1 is 1.17 bits per heavy atom. The molecule has 132 valence electrons. The van der Waals surface area contributed by atoms with E-state index >= 15 is 0 Å². The van der Waals surface area contributed by atoms with Crippen molar-refractivity contribution in [3.05, 3.63) is 29.8 Å². The Bertz CT molecular complexity index is 551. The minimum absolute atomic E-state index is 0.0899. The van der Waals surface area contributed by atoms with E-state index in [-0.39, 0.29) is 18.4 Å². The van der Waals surface area contributed by atoms with Crippen LogP contribution in [0.25, 0.3) is 0 Å². The van der Waals surface area contributed by atoms with Crippen LogP contribution in [0.2, 0.25) is 0 Å². The lowest BCUT2D eigenvalue weighted by Crippen LogP contribution is -2.51. The molecule has 1 aromatic carbocycles. The highest BCUT2D eigenvalue weighted by atomic mass is 16.5. The molecule has 0 aromatic heterocycles. The summed E-state index contributed by atoms with van der Waals surface area (Å²) in [7, 11) is 0. The number of nitrogens with one attached hydrogen (secondary N) is 1. The average molecular weight is 334 g/mol. The van der Waals surface area contributed by atoms with E-state index in [1.807, 2.05) is 24.3 Å². The summed E-state index contributed by atoms with van der Waals surface area (Å²) in [4.78, 5) is 25.9. The van der Waals surface area contributed by atoms with Gasteiger partial charge in [0.15, 0.2) is 6.61 Å². The van der Waals surface area contributed by atoms with E-state index in [0.717, 1.165) is 0 Å². The number of carbonyl (C=O) groups excluding carboxylic acids is 2. The summed E-state index contributed by atoms with van der Waals surface area (Å²) in [6, 6.07) is 7.11. The Kier molecular flexibility index (Phi) is 6.61. The molecular weight excluding hydrogens is 308 g/mol. The van der Waals surface area contributed by atoms with E-state index in [1.165, 1.54) is 5.56 Å². The Morgan fingerprint density at radius 2 is 1.79 bits per heavy atom. The van der Waals surface area contributed by atoms with Crippen LogP contribution in [-0.4, -0.2) is 55.7 Å². The molecule has 0 unspecified atom stereocenters. The summed E-state index contributed by atoms with van der Waals surface area (Å²) in [5.74, 6) is 0.695. The van der Waals surface area contributed by atoms with E-state index < -0.39 is 6.04 Å². The van der Waals surface area contributed by atoms with Crippen LogP contribution in [0, 0.1) is 0 Å². The number of carbonyl (C=O) groups is 2. The van der Waals surface area contributed by atoms with Gasteiger partial charge >= 0.3 is 0 Å². The monoisotopic (exact) mass is 334 g/mol. The normalized spacial score (nSPS) is 15.9. The molecule has 1 N–H and O–H groups in total. The second kappa shape index (κ2) is 8.68. The van der Waals surface area contributed by atoms with Gasteiger partial charge in [-0.3, -0.25) is 9.59 Å². The zero-order chi connectivity index (χ0) is 17.5. The molecule has 1 atom stereocenters. The van der Waals surface area contributed by atoms with Crippen LogP contribution in [0.3, 0.4) is 0 Å². The number of ether oxygens (including phenoxy) is 2. The van der Waals surface area contributed by atoms with Crippen LogP contribution in [0.5, 0.6) is 5.75 Å². The van der Waals surface area contributed by atoms with E-state index in [2.05, 4.69) is 19.2 Å². The Balaban J connectivity index is 1.76. The van der Waals surface area contributed by atoms with Crippen LogP contribution in [0.1, 0.15) is 32.3 Å². The Hall–Kier alpha value is -2.08. The van der Waals surface area contributed by atoms with Crippen molar-refractivity contribution in [2.75, 3.05) is 32.9 Å². The first-order valence-electron chi connectivity index (χ1n) is 8.36. The summed E-state index contributed by atoms with van der Waals surface area (Å²) in [6.45, 7) is 8.04. The lowest BCUT2D eigenvalue weighted by Gasteiger charge is -2.29. The standard InChI is InChI=1S/C18H26N2O4/c1-13(2)15-4-6-16(7-5-15)24-12-17(21)19-14(3)18(22)20-8-10-23-11-9-20/h4-7,13-14H,8-12H2,1-3H3,(H,19,21)/t14-/m0/s1. The molecule has 1 heterocycles. The summed E-state index contributed by atoms with van der Waals surface area (Å²) < 4.78 is 10.7. The number of benzene rings is 1. The maximum atomic E-state index is 12.2. The third kappa shape index (κ3) is 5.23. The lowest BCUT2D eigenvalue weighted by molar-refractivity contribution is -0.139. The van der Waals surface area contributed by atoms with Crippen molar-refractivity contribution in [3.8, 4) is 5.75 Å². The molecule has 1 aliphatic heterocycles. The van der Waals surface area contributed by atoms with Crippen molar-refractivity contribution in [2.45, 2.75) is 32.7 Å². The molecule has 0 saturated carbocycles. The minimum atomic E-state index is -0.567. The van der Waals surface area contributed by atoms with Gasteiger partial charge in [-0.05, 0) is 30.5 Å². The molecule has 6 nitrogen and oxygen atoms in total. The number of hydrogen-bond donors (Lipinski definition) is 1. The zero-order valence-electron chi connectivity index (χ0n) is 14.6. The van der Waals surface area contributed by atoms with E-state index in [0.29, 0.717) is 38.0 Å². The number of rotatable bonds is 6. The highest BCUT2D eigenvalue weighted by Gasteiger charge is 2.23. The van der Waals surface area contributed by atoms with Crippen molar-refractivity contribution in [2.24, 2.45) is 0 Å². The van der Waals surface area contributed by atoms with Gasteiger partial charge in [-0.15, -0.1) is 0 Å². The van der Waals surface area contributed by atoms with Gasteiger partial charge in [0.05, 0.1) is 13.2 Å². The van der Waals surface area contributed by atoms with Crippen molar-refractivity contribution >= 4 is 11.8 Å². The molecule has 0 bridgehead atoms. The van der Waals surface area contributed by atoms with Crippen LogP contribution >= 0.6 is 0 Å². The Morgan fingerprint density at radius 3 is 2.38 bits per heavy atom. The van der Waals surface area contributed by atoms with Gasteiger partial charge in [0, 0.05) is 13.1 Å². The van der Waals surface area contributed by atoms with Crippen LogP contribution in [-0.2, 0) is 14.3 Å². The Labute approximate surface area is 143 Å². The highest BCUT2D eigenvalue weighted by molar-refractivity contribution is 5.87. The molecule has 0 spiro atoms. The molecule has 1 aliphatic rings. The first-order chi connectivity index (χ1) is 11.5. The van der Waals surface area contributed by atoms with Gasteiger partial charge in [-0.1, -0.05) is 26.0 Å².